The van der Waals surface area contributed by atoms with Crippen LogP contribution in [0.3, 0.4) is 0 Å². The van der Waals surface area contributed by atoms with E-state index in [1.54, 1.807) is 11.8 Å². The van der Waals surface area contributed by atoms with Gasteiger partial charge in [0, 0.05) is 18.3 Å². The van der Waals surface area contributed by atoms with Crippen LogP contribution in [0, 0.1) is 0 Å². The minimum atomic E-state index is -5.15. The van der Waals surface area contributed by atoms with Crippen molar-refractivity contribution in [1.29, 1.82) is 0 Å². The number of rotatable bonds is 8. The number of halogens is 9. The molecule has 0 fully saturated rings. The van der Waals surface area contributed by atoms with Crippen molar-refractivity contribution in [2.45, 2.75) is 56.9 Å². The van der Waals surface area contributed by atoms with Gasteiger partial charge in [0.15, 0.2) is 0 Å². The number of fused-ring (bicyclic) bond motifs is 1. The Morgan fingerprint density at radius 1 is 0.951 bits per heavy atom. The van der Waals surface area contributed by atoms with Crippen LogP contribution in [0.15, 0.2) is 36.4 Å². The molecule has 0 bridgehead atoms. The molecule has 41 heavy (non-hydrogen) atoms. The fourth-order valence-electron chi connectivity index (χ4n) is 4.88. The molecule has 0 radical (unpaired) electrons. The van der Waals surface area contributed by atoms with Crippen LogP contribution in [0.2, 0.25) is 0 Å². The Morgan fingerprint density at radius 3 is 2.02 bits per heavy atom. The third kappa shape index (κ3) is 7.36. The second kappa shape index (κ2) is 12.1. The number of carbonyl (C=O) groups is 2. The normalized spacial score (nSPS) is 17.6. The summed E-state index contributed by atoms with van der Waals surface area (Å²) in [5.41, 5.74) is -4.68. The Hall–Kier alpha value is -3.65. The molecule has 0 N–H and O–H groups in total. The van der Waals surface area contributed by atoms with Gasteiger partial charge in [0.25, 0.3) is 6.47 Å². The molecule has 226 valence electrons. The molecule has 15 heteroatoms. The highest BCUT2D eigenvalue weighted by atomic mass is 19.4. The molecule has 0 spiro atoms. The Morgan fingerprint density at radius 2 is 1.54 bits per heavy atom. The quantitative estimate of drug-likeness (QED) is 0.182. The second-order valence-corrected chi connectivity index (χ2v) is 9.26. The van der Waals surface area contributed by atoms with Crippen LogP contribution < -0.4 is 4.90 Å². The number of benzene rings is 2. The number of alkyl halides is 9. The molecule has 2 aromatic carbocycles. The summed E-state index contributed by atoms with van der Waals surface area (Å²) in [4.78, 5) is 26.0. The average molecular weight is 600 g/mol. The van der Waals surface area contributed by atoms with Crippen molar-refractivity contribution in [3.8, 4) is 0 Å². The molecule has 2 aromatic rings. The highest BCUT2D eigenvalue weighted by molar-refractivity contribution is 5.70. The van der Waals surface area contributed by atoms with Gasteiger partial charge in [-0.05, 0) is 60.4 Å². The molecule has 0 saturated heterocycles. The number of nitrogens with zero attached hydrogens (tertiary/aromatic N) is 2. The van der Waals surface area contributed by atoms with Gasteiger partial charge in [-0.3, -0.25) is 9.69 Å². The van der Waals surface area contributed by atoms with E-state index in [0.29, 0.717) is 18.6 Å². The lowest BCUT2D eigenvalue weighted by Crippen LogP contribution is -2.47. The first kappa shape index (κ1) is 31.9. The molecule has 2 atom stereocenters. The van der Waals surface area contributed by atoms with E-state index in [-0.39, 0.29) is 43.4 Å². The predicted molar refractivity (Wildman–Crippen MR) is 127 cm³/mol. The van der Waals surface area contributed by atoms with Gasteiger partial charge in [0.2, 0.25) is 0 Å². The number of hydrogen-bond acceptors (Lipinski definition) is 5. The van der Waals surface area contributed by atoms with Crippen molar-refractivity contribution in [1.82, 2.24) is 4.90 Å². The summed E-state index contributed by atoms with van der Waals surface area (Å²) in [7, 11) is 0.929. The van der Waals surface area contributed by atoms with E-state index in [9.17, 15) is 49.1 Å². The van der Waals surface area contributed by atoms with Crippen molar-refractivity contribution in [2.75, 3.05) is 25.2 Å². The summed E-state index contributed by atoms with van der Waals surface area (Å²) in [6, 6.07) is 1.90. The maximum atomic E-state index is 13.7. The van der Waals surface area contributed by atoms with Crippen molar-refractivity contribution in [2.24, 2.45) is 0 Å². The van der Waals surface area contributed by atoms with Crippen LogP contribution >= 0.6 is 0 Å². The average Bonchev–Trinajstić information content (AvgIpc) is 2.89. The van der Waals surface area contributed by atoms with Crippen molar-refractivity contribution >= 4 is 18.3 Å². The first-order valence-corrected chi connectivity index (χ1v) is 12.2. The standard InChI is InChI=1S/C26H25F9N2O4/c1-3-19-12-22(20-11-16(24(27,28)29)4-5-21(20)36(19)6-7-41-14-38)37(23(39)40-2)13-15-8-17(25(30,31)32)10-18(9-15)26(33,34)35/h4-5,8-11,14,19,22H,3,6-7,12-13H2,1-2H3. The Kier molecular flexibility index (Phi) is 9.38. The molecular weight excluding hydrogens is 575 g/mol. The van der Waals surface area contributed by atoms with Gasteiger partial charge in [-0.25, -0.2) is 4.79 Å². The Balaban J connectivity index is 2.18. The van der Waals surface area contributed by atoms with E-state index >= 15 is 0 Å². The molecule has 0 saturated carbocycles. The van der Waals surface area contributed by atoms with Gasteiger partial charge in [-0.2, -0.15) is 39.5 Å². The molecule has 1 heterocycles. The summed E-state index contributed by atoms with van der Waals surface area (Å²) in [6.07, 6.45) is -15.9. The molecule has 1 aliphatic heterocycles. The van der Waals surface area contributed by atoms with E-state index in [2.05, 4.69) is 0 Å². The lowest BCUT2D eigenvalue weighted by atomic mass is 9.87. The largest absolute Gasteiger partial charge is 0.466 e. The fourth-order valence-corrected chi connectivity index (χ4v) is 4.88. The van der Waals surface area contributed by atoms with Crippen LogP contribution in [0.25, 0.3) is 0 Å². The van der Waals surface area contributed by atoms with E-state index in [1.807, 2.05) is 0 Å². The minimum absolute atomic E-state index is 0.0495. The molecule has 0 aromatic heterocycles. The highest BCUT2D eigenvalue weighted by Gasteiger charge is 2.41. The first-order chi connectivity index (χ1) is 19.0. The lowest BCUT2D eigenvalue weighted by Gasteiger charge is -2.45. The van der Waals surface area contributed by atoms with E-state index in [0.717, 1.165) is 30.2 Å². The lowest BCUT2D eigenvalue weighted by molar-refractivity contribution is -0.143. The van der Waals surface area contributed by atoms with Crippen molar-refractivity contribution < 1.29 is 58.6 Å². The fraction of sp³-hybridized carbons (Fsp3) is 0.462. The van der Waals surface area contributed by atoms with E-state index in [4.69, 9.17) is 9.47 Å². The van der Waals surface area contributed by atoms with Crippen molar-refractivity contribution in [3.05, 3.63) is 64.2 Å². The SMILES string of the molecule is CCC1CC(N(Cc2cc(C(F)(F)F)cc(C(F)(F)F)c2)C(=O)OC)c2cc(C(F)(F)F)ccc2N1CCOC=O. The van der Waals surface area contributed by atoms with Crippen LogP contribution in [0.1, 0.15) is 53.6 Å². The number of methoxy groups -OCH3 is 1. The topological polar surface area (TPSA) is 59.1 Å². The summed E-state index contributed by atoms with van der Waals surface area (Å²) in [5.74, 6) is 0. The number of amides is 1. The Labute approximate surface area is 228 Å². The van der Waals surface area contributed by atoms with E-state index in [1.165, 1.54) is 0 Å². The molecule has 1 aliphatic rings. The monoisotopic (exact) mass is 600 g/mol. The maximum Gasteiger partial charge on any atom is 0.416 e. The highest BCUT2D eigenvalue weighted by Crippen LogP contribution is 2.45. The number of carbonyl (C=O) groups excluding carboxylic acids is 2. The van der Waals surface area contributed by atoms with Crippen LogP contribution in [-0.2, 0) is 39.3 Å². The summed E-state index contributed by atoms with van der Waals surface area (Å²) in [6.45, 7) is 1.07. The Bertz CT molecular complexity index is 1210. The number of anilines is 1. The van der Waals surface area contributed by atoms with Gasteiger partial charge < -0.3 is 14.4 Å². The van der Waals surface area contributed by atoms with Gasteiger partial charge in [-0.1, -0.05) is 6.92 Å². The summed E-state index contributed by atoms with van der Waals surface area (Å²) >= 11 is 0. The van der Waals surface area contributed by atoms with Crippen LogP contribution in [0.5, 0.6) is 0 Å². The molecule has 3 rings (SSSR count). The van der Waals surface area contributed by atoms with Crippen molar-refractivity contribution in [3.63, 3.8) is 0 Å². The first-order valence-electron chi connectivity index (χ1n) is 12.2. The molecular formula is C26H25F9N2O4. The molecule has 1 amide bonds. The zero-order valence-electron chi connectivity index (χ0n) is 21.7. The van der Waals surface area contributed by atoms with Gasteiger partial charge in [0.1, 0.15) is 6.61 Å². The number of hydrogen-bond donors (Lipinski definition) is 0. The third-order valence-electron chi connectivity index (χ3n) is 6.73. The summed E-state index contributed by atoms with van der Waals surface area (Å²) < 4.78 is 131. The van der Waals surface area contributed by atoms with Gasteiger partial charge in [-0.15, -0.1) is 0 Å². The van der Waals surface area contributed by atoms with Gasteiger partial charge in [0.05, 0.1) is 36.4 Å². The van der Waals surface area contributed by atoms with Gasteiger partial charge >= 0.3 is 24.6 Å². The predicted octanol–water partition coefficient (Wildman–Crippen LogP) is 7.21. The molecule has 6 nitrogen and oxygen atoms in total. The zero-order valence-corrected chi connectivity index (χ0v) is 21.7. The molecule has 2 unspecified atom stereocenters. The van der Waals surface area contributed by atoms with Crippen LogP contribution in [0.4, 0.5) is 50.0 Å². The van der Waals surface area contributed by atoms with Crippen LogP contribution in [-0.4, -0.2) is 43.8 Å². The zero-order chi connectivity index (χ0) is 30.8. The smallest absolute Gasteiger partial charge is 0.416 e. The number of ether oxygens (including phenoxy) is 2. The van der Waals surface area contributed by atoms with E-state index < -0.39 is 65.5 Å². The minimum Gasteiger partial charge on any atom is -0.466 e. The third-order valence-corrected chi connectivity index (χ3v) is 6.73. The molecule has 0 aliphatic carbocycles. The maximum absolute atomic E-state index is 13.7. The second-order valence-electron chi connectivity index (χ2n) is 9.26. The summed E-state index contributed by atoms with van der Waals surface area (Å²) in [5, 5.41) is 0.